The second-order valence-corrected chi connectivity index (χ2v) is 5.87. The zero-order valence-electron chi connectivity index (χ0n) is 13.7. The predicted molar refractivity (Wildman–Crippen MR) is 84.6 cm³/mol. The summed E-state index contributed by atoms with van der Waals surface area (Å²) in [7, 11) is 0. The van der Waals surface area contributed by atoms with Gasteiger partial charge in [0.2, 0.25) is 0 Å². The van der Waals surface area contributed by atoms with Crippen LogP contribution in [0.1, 0.15) is 38.2 Å². The summed E-state index contributed by atoms with van der Waals surface area (Å²) < 4.78 is 40.6. The molecular formula is C17H24F3NO3. The fourth-order valence-corrected chi connectivity index (χ4v) is 2.68. The number of halogens is 3. The van der Waals surface area contributed by atoms with E-state index in [9.17, 15) is 18.0 Å². The van der Waals surface area contributed by atoms with Gasteiger partial charge >= 0.3 is 12.3 Å². The Bertz CT molecular complexity index is 520. The first-order chi connectivity index (χ1) is 11.2. The molecule has 1 rings (SSSR count). The molecule has 0 aliphatic carbocycles. The standard InChI is InChI=1S/C17H24F3NO3/c1-2-12(9-14(11-21)16(22)23)5-3-6-13-7-4-8-15(10-13)24-17(18,19)20/h4,7-8,10,12,14H,2-3,5-6,9,11,21H2,1H3,(H,22,23). The molecule has 2 atom stereocenters. The molecule has 0 fully saturated rings. The highest BCUT2D eigenvalue weighted by atomic mass is 19.4. The summed E-state index contributed by atoms with van der Waals surface area (Å²) in [4.78, 5) is 11.0. The van der Waals surface area contributed by atoms with Crippen molar-refractivity contribution in [2.75, 3.05) is 6.54 Å². The van der Waals surface area contributed by atoms with E-state index < -0.39 is 18.2 Å². The lowest BCUT2D eigenvalue weighted by Crippen LogP contribution is -2.25. The number of hydrogen-bond acceptors (Lipinski definition) is 3. The van der Waals surface area contributed by atoms with Gasteiger partial charge in [-0.2, -0.15) is 0 Å². The average molecular weight is 347 g/mol. The molecule has 1 aromatic carbocycles. The van der Waals surface area contributed by atoms with E-state index in [1.165, 1.54) is 18.2 Å². The first-order valence-electron chi connectivity index (χ1n) is 8.02. The molecule has 0 heterocycles. The van der Waals surface area contributed by atoms with Crippen LogP contribution in [0.25, 0.3) is 0 Å². The Morgan fingerprint density at radius 1 is 1.38 bits per heavy atom. The van der Waals surface area contributed by atoms with Crippen molar-refractivity contribution in [3.05, 3.63) is 29.8 Å². The lowest BCUT2D eigenvalue weighted by Gasteiger charge is -2.18. The van der Waals surface area contributed by atoms with Crippen molar-refractivity contribution in [3.63, 3.8) is 0 Å². The maximum atomic E-state index is 12.2. The van der Waals surface area contributed by atoms with Gasteiger partial charge in [-0.3, -0.25) is 4.79 Å². The minimum atomic E-state index is -4.69. The fraction of sp³-hybridized carbons (Fsp3) is 0.588. The highest BCUT2D eigenvalue weighted by Gasteiger charge is 2.31. The molecule has 0 aliphatic heterocycles. The molecule has 0 aromatic heterocycles. The minimum absolute atomic E-state index is 0.114. The molecule has 136 valence electrons. The molecule has 7 heteroatoms. The number of aliphatic carboxylic acids is 1. The maximum absolute atomic E-state index is 12.2. The van der Waals surface area contributed by atoms with E-state index in [0.717, 1.165) is 24.8 Å². The molecule has 24 heavy (non-hydrogen) atoms. The third kappa shape index (κ3) is 7.68. The van der Waals surface area contributed by atoms with Crippen LogP contribution >= 0.6 is 0 Å². The summed E-state index contributed by atoms with van der Waals surface area (Å²) in [6.07, 6.45) is -1.12. The van der Waals surface area contributed by atoms with Crippen molar-refractivity contribution in [3.8, 4) is 5.75 Å². The molecule has 2 unspecified atom stereocenters. The van der Waals surface area contributed by atoms with Crippen LogP contribution in [0, 0.1) is 11.8 Å². The number of carboxylic acids is 1. The van der Waals surface area contributed by atoms with Crippen molar-refractivity contribution in [2.24, 2.45) is 17.6 Å². The number of carbonyl (C=O) groups is 1. The van der Waals surface area contributed by atoms with E-state index in [4.69, 9.17) is 10.8 Å². The minimum Gasteiger partial charge on any atom is -0.481 e. The van der Waals surface area contributed by atoms with Gasteiger partial charge in [0.15, 0.2) is 0 Å². The van der Waals surface area contributed by atoms with Crippen molar-refractivity contribution >= 4 is 5.97 Å². The molecule has 0 saturated heterocycles. The third-order valence-corrected chi connectivity index (χ3v) is 4.04. The van der Waals surface area contributed by atoms with E-state index in [-0.39, 0.29) is 18.2 Å². The van der Waals surface area contributed by atoms with Crippen LogP contribution in [-0.2, 0) is 11.2 Å². The largest absolute Gasteiger partial charge is 0.573 e. The van der Waals surface area contributed by atoms with E-state index in [2.05, 4.69) is 4.74 Å². The quantitative estimate of drug-likeness (QED) is 0.671. The van der Waals surface area contributed by atoms with E-state index >= 15 is 0 Å². The molecule has 0 spiro atoms. The number of ether oxygens (including phenoxy) is 1. The normalized spacial score (nSPS) is 14.2. The molecule has 0 radical (unpaired) electrons. The molecule has 4 nitrogen and oxygen atoms in total. The number of nitrogens with two attached hydrogens (primary N) is 1. The Hall–Kier alpha value is -1.76. The number of rotatable bonds is 10. The zero-order chi connectivity index (χ0) is 18.2. The van der Waals surface area contributed by atoms with Gasteiger partial charge in [-0.15, -0.1) is 13.2 Å². The number of benzene rings is 1. The van der Waals surface area contributed by atoms with Crippen LogP contribution in [0.3, 0.4) is 0 Å². The summed E-state index contributed by atoms with van der Waals surface area (Å²) in [5.41, 5.74) is 6.24. The highest BCUT2D eigenvalue weighted by molar-refractivity contribution is 5.70. The van der Waals surface area contributed by atoms with Gasteiger partial charge in [-0.05, 0) is 42.9 Å². The molecule has 0 amide bonds. The molecule has 0 bridgehead atoms. The number of aryl methyl sites for hydroxylation is 1. The fourth-order valence-electron chi connectivity index (χ4n) is 2.68. The summed E-state index contributed by atoms with van der Waals surface area (Å²) >= 11 is 0. The van der Waals surface area contributed by atoms with Gasteiger partial charge in [0, 0.05) is 6.54 Å². The topological polar surface area (TPSA) is 72.5 Å². The Kier molecular flexibility index (Phi) is 8.04. The Morgan fingerprint density at radius 3 is 2.62 bits per heavy atom. The second kappa shape index (κ2) is 9.52. The summed E-state index contributed by atoms with van der Waals surface area (Å²) in [5.74, 6) is -1.41. The number of alkyl halides is 3. The maximum Gasteiger partial charge on any atom is 0.573 e. The monoisotopic (exact) mass is 347 g/mol. The Morgan fingerprint density at radius 2 is 2.08 bits per heavy atom. The Labute approximate surface area is 139 Å². The molecule has 1 aromatic rings. The van der Waals surface area contributed by atoms with Crippen LogP contribution in [-0.4, -0.2) is 24.0 Å². The van der Waals surface area contributed by atoms with Crippen LogP contribution in [0.4, 0.5) is 13.2 Å². The van der Waals surface area contributed by atoms with Crippen LogP contribution in [0.15, 0.2) is 24.3 Å². The molecule has 0 saturated carbocycles. The second-order valence-electron chi connectivity index (χ2n) is 5.87. The third-order valence-electron chi connectivity index (χ3n) is 4.04. The van der Waals surface area contributed by atoms with Crippen molar-refractivity contribution < 1.29 is 27.8 Å². The van der Waals surface area contributed by atoms with Gasteiger partial charge in [0.1, 0.15) is 5.75 Å². The van der Waals surface area contributed by atoms with Crippen molar-refractivity contribution in [2.45, 2.75) is 45.4 Å². The molecule has 0 aliphatic rings. The summed E-state index contributed by atoms with van der Waals surface area (Å²) in [6.45, 7) is 2.11. The first-order valence-corrected chi connectivity index (χ1v) is 8.02. The Balaban J connectivity index is 2.50. The van der Waals surface area contributed by atoms with Gasteiger partial charge in [0.05, 0.1) is 5.92 Å². The zero-order valence-corrected chi connectivity index (χ0v) is 13.7. The number of carboxylic acid groups (broad SMARTS) is 1. The lowest BCUT2D eigenvalue weighted by molar-refractivity contribution is -0.274. The van der Waals surface area contributed by atoms with Gasteiger partial charge in [-0.1, -0.05) is 31.9 Å². The smallest absolute Gasteiger partial charge is 0.481 e. The lowest BCUT2D eigenvalue weighted by atomic mass is 9.88. The van der Waals surface area contributed by atoms with E-state index in [0.29, 0.717) is 12.8 Å². The van der Waals surface area contributed by atoms with E-state index in [1.807, 2.05) is 6.92 Å². The van der Waals surface area contributed by atoms with E-state index in [1.54, 1.807) is 6.07 Å². The van der Waals surface area contributed by atoms with Gasteiger partial charge < -0.3 is 15.6 Å². The first kappa shape index (κ1) is 20.3. The SMILES string of the molecule is CCC(CCCc1cccc(OC(F)(F)F)c1)CC(CN)C(=O)O. The average Bonchev–Trinajstić information content (AvgIpc) is 2.49. The van der Waals surface area contributed by atoms with Crippen LogP contribution in [0.2, 0.25) is 0 Å². The molecular weight excluding hydrogens is 323 g/mol. The van der Waals surface area contributed by atoms with Crippen LogP contribution in [0.5, 0.6) is 5.75 Å². The van der Waals surface area contributed by atoms with Crippen LogP contribution < -0.4 is 10.5 Å². The molecule has 3 N–H and O–H groups in total. The van der Waals surface area contributed by atoms with Crippen molar-refractivity contribution in [1.29, 1.82) is 0 Å². The summed E-state index contributed by atoms with van der Waals surface area (Å²) in [6, 6.07) is 5.94. The van der Waals surface area contributed by atoms with Crippen molar-refractivity contribution in [1.82, 2.24) is 0 Å². The predicted octanol–water partition coefficient (Wildman–Crippen LogP) is 3.98. The summed E-state index contributed by atoms with van der Waals surface area (Å²) in [5, 5.41) is 9.06. The van der Waals surface area contributed by atoms with Gasteiger partial charge in [0.25, 0.3) is 0 Å². The highest BCUT2D eigenvalue weighted by Crippen LogP contribution is 2.25. The number of hydrogen-bond donors (Lipinski definition) is 2. The van der Waals surface area contributed by atoms with Gasteiger partial charge in [-0.25, -0.2) is 0 Å².